The van der Waals surface area contributed by atoms with E-state index in [0.717, 1.165) is 32.4 Å². The maximum Gasteiger partial charge on any atom is 0.263 e. The second-order valence-corrected chi connectivity index (χ2v) is 11.1. The summed E-state index contributed by atoms with van der Waals surface area (Å²) in [5.41, 5.74) is 1.59. The smallest absolute Gasteiger partial charge is 0.263 e. The zero-order valence-corrected chi connectivity index (χ0v) is 19.5. The summed E-state index contributed by atoms with van der Waals surface area (Å²) in [5, 5.41) is 7.68. The van der Waals surface area contributed by atoms with Crippen LogP contribution in [0, 0.1) is 5.82 Å². The van der Waals surface area contributed by atoms with Crippen molar-refractivity contribution >= 4 is 32.7 Å². The number of sulfone groups is 1. The predicted molar refractivity (Wildman–Crippen MR) is 125 cm³/mol. The fraction of sp³-hybridized carbons (Fsp3) is 0.478. The van der Waals surface area contributed by atoms with Gasteiger partial charge in [0.05, 0.1) is 11.5 Å². The van der Waals surface area contributed by atoms with Crippen LogP contribution in [0.2, 0.25) is 0 Å². The average molecular weight is 488 g/mol. The van der Waals surface area contributed by atoms with E-state index < -0.39 is 9.84 Å². The van der Waals surface area contributed by atoms with Crippen molar-refractivity contribution < 1.29 is 22.1 Å². The zero-order valence-electron chi connectivity index (χ0n) is 18.7. The third-order valence-electron chi connectivity index (χ3n) is 6.31. The molecule has 0 bridgehead atoms. The molecule has 9 nitrogen and oxygen atoms in total. The molecule has 11 heteroatoms. The van der Waals surface area contributed by atoms with Gasteiger partial charge in [-0.1, -0.05) is 5.16 Å². The number of hydrogen-bond donors (Lipinski definition) is 1. The maximum atomic E-state index is 13.4. The van der Waals surface area contributed by atoms with E-state index in [0.29, 0.717) is 40.4 Å². The molecule has 0 saturated carbocycles. The average Bonchev–Trinajstić information content (AvgIpc) is 3.41. The van der Waals surface area contributed by atoms with Crippen molar-refractivity contribution in [2.45, 2.75) is 44.6 Å². The lowest BCUT2D eigenvalue weighted by atomic mass is 10.1. The van der Waals surface area contributed by atoms with Gasteiger partial charge in [-0.3, -0.25) is 4.79 Å². The molecule has 2 aliphatic heterocycles. The van der Waals surface area contributed by atoms with Gasteiger partial charge in [-0.15, -0.1) is 0 Å². The summed E-state index contributed by atoms with van der Waals surface area (Å²) >= 11 is 0. The quantitative estimate of drug-likeness (QED) is 0.564. The van der Waals surface area contributed by atoms with Crippen LogP contribution in [0.5, 0.6) is 0 Å². The van der Waals surface area contributed by atoms with Crippen molar-refractivity contribution in [3.05, 3.63) is 35.9 Å². The topological polar surface area (TPSA) is 118 Å². The Morgan fingerprint density at radius 2 is 1.91 bits per heavy atom. The predicted octanol–water partition coefficient (Wildman–Crippen LogP) is 2.65. The van der Waals surface area contributed by atoms with Crippen LogP contribution in [0.3, 0.4) is 0 Å². The van der Waals surface area contributed by atoms with Gasteiger partial charge < -0.3 is 14.7 Å². The number of aromatic nitrogens is 3. The van der Waals surface area contributed by atoms with Gasteiger partial charge >= 0.3 is 0 Å². The molecule has 4 heterocycles. The van der Waals surface area contributed by atoms with Crippen molar-refractivity contribution in [3.63, 3.8) is 0 Å². The highest BCUT2D eigenvalue weighted by atomic mass is 32.2. The molecule has 0 radical (unpaired) electrons. The molecule has 1 aromatic carbocycles. The number of aryl methyl sites for hydroxylation is 1. The highest BCUT2D eigenvalue weighted by Crippen LogP contribution is 2.35. The molecule has 2 aliphatic rings. The normalized spacial score (nSPS) is 20.0. The van der Waals surface area contributed by atoms with E-state index in [2.05, 4.69) is 20.4 Å². The monoisotopic (exact) mass is 487 g/mol. The van der Waals surface area contributed by atoms with Crippen LogP contribution in [0.4, 0.5) is 10.2 Å². The number of amides is 1. The zero-order chi connectivity index (χ0) is 23.7. The number of piperidine rings is 1. The molecule has 0 unspecified atom stereocenters. The van der Waals surface area contributed by atoms with Crippen molar-refractivity contribution in [2.75, 3.05) is 29.5 Å². The number of nitrogens with one attached hydrogen (secondary N) is 1. The van der Waals surface area contributed by atoms with E-state index >= 15 is 0 Å². The number of benzene rings is 1. The molecule has 3 aromatic rings. The summed E-state index contributed by atoms with van der Waals surface area (Å²) < 4.78 is 42.2. The van der Waals surface area contributed by atoms with Gasteiger partial charge in [0.1, 0.15) is 28.5 Å². The first-order chi connectivity index (χ1) is 16.4. The number of nitrogens with zero attached hydrogens (tertiary/aromatic N) is 4. The molecular weight excluding hydrogens is 461 g/mol. The first kappa shape index (κ1) is 22.7. The largest absolute Gasteiger partial charge is 0.356 e. The molecule has 0 aliphatic carbocycles. The van der Waals surface area contributed by atoms with Crippen LogP contribution in [-0.2, 0) is 21.1 Å². The Hall–Kier alpha value is -3.08. The Bertz CT molecular complexity index is 1300. The fourth-order valence-corrected chi connectivity index (χ4v) is 6.24. The summed E-state index contributed by atoms with van der Waals surface area (Å²) in [6.07, 6.45) is 4.12. The number of rotatable bonds is 6. The van der Waals surface area contributed by atoms with E-state index in [1.165, 1.54) is 12.1 Å². The van der Waals surface area contributed by atoms with Crippen molar-refractivity contribution in [3.8, 4) is 11.3 Å². The molecule has 180 valence electrons. The van der Waals surface area contributed by atoms with Gasteiger partial charge in [-0.05, 0) is 49.9 Å². The van der Waals surface area contributed by atoms with Crippen molar-refractivity contribution in [2.24, 2.45) is 0 Å². The second kappa shape index (κ2) is 9.28. The molecule has 5 rings (SSSR count). The van der Waals surface area contributed by atoms with Gasteiger partial charge in [-0.2, -0.15) is 4.98 Å². The Kier molecular flexibility index (Phi) is 6.20. The van der Waals surface area contributed by atoms with Gasteiger partial charge in [0, 0.05) is 37.5 Å². The Labute approximate surface area is 196 Å². The van der Waals surface area contributed by atoms with E-state index in [1.807, 2.05) is 0 Å². The van der Waals surface area contributed by atoms with E-state index in [4.69, 9.17) is 9.51 Å². The first-order valence-corrected chi connectivity index (χ1v) is 13.4. The number of fused-ring (bicyclic) bond motifs is 1. The third-order valence-corrected chi connectivity index (χ3v) is 8.08. The Morgan fingerprint density at radius 1 is 1.15 bits per heavy atom. The van der Waals surface area contributed by atoms with Crippen LogP contribution in [-0.4, -0.2) is 60.1 Å². The van der Waals surface area contributed by atoms with Gasteiger partial charge in [0.2, 0.25) is 5.91 Å². The number of hydrogen-bond acceptors (Lipinski definition) is 8. The summed E-state index contributed by atoms with van der Waals surface area (Å²) in [5.74, 6) is 0.713. The third kappa shape index (κ3) is 4.89. The highest BCUT2D eigenvalue weighted by Gasteiger charge is 2.29. The first-order valence-electron chi connectivity index (χ1n) is 11.5. The van der Waals surface area contributed by atoms with E-state index in [-0.39, 0.29) is 42.1 Å². The van der Waals surface area contributed by atoms with Gasteiger partial charge in [0.15, 0.2) is 9.84 Å². The van der Waals surface area contributed by atoms with Crippen LogP contribution in [0.1, 0.15) is 37.9 Å². The molecule has 34 heavy (non-hydrogen) atoms. The van der Waals surface area contributed by atoms with E-state index in [9.17, 15) is 17.6 Å². The minimum absolute atomic E-state index is 0.00939. The number of anilines is 1. The standard InChI is InChI=1S/C23H26FN5O4S/c24-16-6-4-15(5-7-16)21-20-22(29-11-2-1-3-12-29)26-18(27-23(20)33-28-21)8-9-19(30)25-17-10-13-34(31,32)14-17/h4-7,17H,1-3,8-14H2,(H,25,30)/t17-/m0/s1. The van der Waals surface area contributed by atoms with Gasteiger partial charge in [0.25, 0.3) is 5.71 Å². The second-order valence-electron chi connectivity index (χ2n) is 8.90. The summed E-state index contributed by atoms with van der Waals surface area (Å²) in [4.78, 5) is 23.9. The maximum absolute atomic E-state index is 13.4. The molecule has 2 saturated heterocycles. The summed E-state index contributed by atoms with van der Waals surface area (Å²) in [6, 6.07) is 5.71. The lowest BCUT2D eigenvalue weighted by molar-refractivity contribution is -0.121. The number of carbonyl (C=O) groups is 1. The highest BCUT2D eigenvalue weighted by molar-refractivity contribution is 7.91. The molecule has 2 aromatic heterocycles. The number of halogens is 1. The summed E-state index contributed by atoms with van der Waals surface area (Å²) in [7, 11) is -3.06. The fourth-order valence-electron chi connectivity index (χ4n) is 4.56. The molecule has 1 atom stereocenters. The van der Waals surface area contributed by atoms with Crippen molar-refractivity contribution in [1.29, 1.82) is 0 Å². The molecule has 1 N–H and O–H groups in total. The molecule has 1 amide bonds. The minimum atomic E-state index is -3.06. The minimum Gasteiger partial charge on any atom is -0.356 e. The van der Waals surface area contributed by atoms with E-state index in [1.54, 1.807) is 12.1 Å². The molecule has 2 fully saturated rings. The SMILES string of the molecule is O=C(CCc1nc(N2CCCCC2)c2c(-c3ccc(F)cc3)noc2n1)N[C@H]1CCS(=O)(=O)C1. The molecule has 0 spiro atoms. The number of carbonyl (C=O) groups excluding carboxylic acids is 1. The van der Waals surface area contributed by atoms with Crippen molar-refractivity contribution in [1.82, 2.24) is 20.4 Å². The van der Waals surface area contributed by atoms with Crippen LogP contribution in [0.15, 0.2) is 28.8 Å². The van der Waals surface area contributed by atoms with Crippen LogP contribution in [0.25, 0.3) is 22.4 Å². The Balaban J connectivity index is 1.40. The van der Waals surface area contributed by atoms with Crippen LogP contribution < -0.4 is 10.2 Å². The molecular formula is C23H26FN5O4S. The Morgan fingerprint density at radius 3 is 2.62 bits per heavy atom. The van der Waals surface area contributed by atoms with Gasteiger partial charge in [-0.25, -0.2) is 17.8 Å². The van der Waals surface area contributed by atoms with Crippen LogP contribution >= 0.6 is 0 Å². The lowest BCUT2D eigenvalue weighted by Crippen LogP contribution is -2.35. The lowest BCUT2D eigenvalue weighted by Gasteiger charge is -2.28. The summed E-state index contributed by atoms with van der Waals surface area (Å²) in [6.45, 7) is 1.69.